The Labute approximate surface area is 167 Å². The molecule has 5 nitrogen and oxygen atoms in total. The average Bonchev–Trinajstić information content (AvgIpc) is 2.62. The fraction of sp³-hybridized carbons (Fsp3) is 0.522. The number of aromatic hydroxyl groups is 1. The molecule has 0 aliphatic heterocycles. The second-order valence-electron chi connectivity index (χ2n) is 7.63. The van der Waals surface area contributed by atoms with E-state index >= 15 is 0 Å². The van der Waals surface area contributed by atoms with Crippen molar-refractivity contribution in [3.05, 3.63) is 40.2 Å². The number of rotatable bonds is 10. The summed E-state index contributed by atoms with van der Waals surface area (Å²) in [7, 11) is 0. The Morgan fingerprint density at radius 2 is 1.89 bits per heavy atom. The first-order chi connectivity index (χ1) is 13.4. The lowest BCUT2D eigenvalue weighted by molar-refractivity contribution is 0.275. The molecule has 1 aromatic carbocycles. The molecule has 0 atom stereocenters. The van der Waals surface area contributed by atoms with Crippen LogP contribution in [0.1, 0.15) is 66.3 Å². The van der Waals surface area contributed by atoms with Crippen LogP contribution in [0.2, 0.25) is 0 Å². The summed E-state index contributed by atoms with van der Waals surface area (Å²) in [5.74, 6) is 0.823. The van der Waals surface area contributed by atoms with Crippen LogP contribution in [-0.4, -0.2) is 22.9 Å². The van der Waals surface area contributed by atoms with Crippen molar-refractivity contribution in [2.75, 3.05) is 13.2 Å². The van der Waals surface area contributed by atoms with Gasteiger partial charge < -0.3 is 19.1 Å². The number of nitrogens with zero attached hydrogens (tertiary/aromatic N) is 1. The van der Waals surface area contributed by atoms with Crippen molar-refractivity contribution in [1.29, 1.82) is 0 Å². The normalized spacial score (nSPS) is 11.1. The second-order valence-corrected chi connectivity index (χ2v) is 7.63. The van der Waals surface area contributed by atoms with E-state index in [1.165, 1.54) is 0 Å². The number of ether oxygens (including phenoxy) is 2. The summed E-state index contributed by atoms with van der Waals surface area (Å²) >= 11 is 0. The zero-order valence-electron chi connectivity index (χ0n) is 17.7. The van der Waals surface area contributed by atoms with Crippen molar-refractivity contribution >= 4 is 10.9 Å². The minimum atomic E-state index is -0.237. The number of allylic oxidation sites excluding steroid dienone is 1. The number of unbranched alkanes of at least 4 members (excludes halogenated alkanes) is 3. The van der Waals surface area contributed by atoms with Gasteiger partial charge in [0.15, 0.2) is 5.75 Å². The Morgan fingerprint density at radius 3 is 2.54 bits per heavy atom. The quantitative estimate of drug-likeness (QED) is 0.426. The van der Waals surface area contributed by atoms with Crippen LogP contribution < -0.4 is 15.0 Å². The van der Waals surface area contributed by atoms with E-state index < -0.39 is 0 Å². The van der Waals surface area contributed by atoms with Gasteiger partial charge in [-0.3, -0.25) is 4.79 Å². The van der Waals surface area contributed by atoms with Gasteiger partial charge in [0, 0.05) is 17.5 Å². The SMILES string of the molecule is CCCCCCOc1c(OCC=C(C)C)c(=O)n(C(C)C)c2cc(O)ccc12. The lowest BCUT2D eigenvalue weighted by atomic mass is 10.1. The van der Waals surface area contributed by atoms with E-state index in [-0.39, 0.29) is 23.1 Å². The molecule has 0 bridgehead atoms. The van der Waals surface area contributed by atoms with Crippen molar-refractivity contribution in [2.24, 2.45) is 0 Å². The molecule has 5 heteroatoms. The van der Waals surface area contributed by atoms with Crippen molar-refractivity contribution in [3.8, 4) is 17.2 Å². The number of fused-ring (bicyclic) bond motifs is 1. The maximum Gasteiger partial charge on any atom is 0.297 e. The molecule has 2 aromatic rings. The van der Waals surface area contributed by atoms with E-state index in [1.54, 1.807) is 22.8 Å². The van der Waals surface area contributed by atoms with Crippen LogP contribution in [0.25, 0.3) is 10.9 Å². The first-order valence-corrected chi connectivity index (χ1v) is 10.2. The third-order valence-electron chi connectivity index (χ3n) is 4.58. The highest BCUT2D eigenvalue weighted by atomic mass is 16.5. The summed E-state index contributed by atoms with van der Waals surface area (Å²) in [6, 6.07) is 4.93. The molecular formula is C23H33NO4. The third kappa shape index (κ3) is 5.31. The molecule has 0 saturated carbocycles. The van der Waals surface area contributed by atoms with Crippen LogP contribution in [0.5, 0.6) is 17.2 Å². The average molecular weight is 388 g/mol. The van der Waals surface area contributed by atoms with E-state index in [2.05, 4.69) is 6.92 Å². The van der Waals surface area contributed by atoms with Gasteiger partial charge in [0.05, 0.1) is 12.1 Å². The van der Waals surface area contributed by atoms with E-state index in [1.807, 2.05) is 33.8 Å². The van der Waals surface area contributed by atoms with Crippen molar-refractivity contribution in [3.63, 3.8) is 0 Å². The minimum Gasteiger partial charge on any atom is -0.508 e. The van der Waals surface area contributed by atoms with Gasteiger partial charge in [-0.05, 0) is 52.3 Å². The van der Waals surface area contributed by atoms with Crippen LogP contribution in [-0.2, 0) is 0 Å². The molecule has 1 heterocycles. The number of aromatic nitrogens is 1. The molecule has 2 rings (SSSR count). The molecule has 0 fully saturated rings. The Morgan fingerprint density at radius 1 is 1.14 bits per heavy atom. The first-order valence-electron chi connectivity index (χ1n) is 10.2. The molecule has 0 saturated heterocycles. The molecule has 1 N–H and O–H groups in total. The van der Waals surface area contributed by atoms with Gasteiger partial charge in [-0.25, -0.2) is 0 Å². The molecular weight excluding hydrogens is 354 g/mol. The number of hydrogen-bond donors (Lipinski definition) is 1. The predicted octanol–water partition coefficient (Wildman–Crippen LogP) is 5.59. The maximum absolute atomic E-state index is 13.2. The maximum atomic E-state index is 13.2. The molecule has 0 radical (unpaired) electrons. The molecule has 1 aromatic heterocycles. The minimum absolute atomic E-state index is 0.0822. The highest BCUT2D eigenvalue weighted by molar-refractivity contribution is 5.89. The monoisotopic (exact) mass is 387 g/mol. The molecule has 154 valence electrons. The van der Waals surface area contributed by atoms with Gasteiger partial charge in [0.2, 0.25) is 5.75 Å². The van der Waals surface area contributed by atoms with Gasteiger partial charge in [0.1, 0.15) is 12.4 Å². The molecule has 0 spiro atoms. The standard InChI is InChI=1S/C23H33NO4/c1-6-7-8-9-13-27-21-19-11-10-18(25)15-20(19)24(17(4)5)23(26)22(21)28-14-12-16(2)3/h10-12,15,17,25H,6-9,13-14H2,1-5H3. The topological polar surface area (TPSA) is 60.7 Å². The van der Waals surface area contributed by atoms with Gasteiger partial charge in [-0.15, -0.1) is 0 Å². The number of phenols is 1. The summed E-state index contributed by atoms with van der Waals surface area (Å²) in [5.41, 5.74) is 1.54. The molecule has 0 unspecified atom stereocenters. The summed E-state index contributed by atoms with van der Waals surface area (Å²) < 4.78 is 13.6. The molecule has 28 heavy (non-hydrogen) atoms. The van der Waals surface area contributed by atoms with Crippen LogP contribution >= 0.6 is 0 Å². The van der Waals surface area contributed by atoms with Crippen LogP contribution in [0, 0.1) is 0 Å². The summed E-state index contributed by atoms with van der Waals surface area (Å²) in [5, 5.41) is 10.7. The summed E-state index contributed by atoms with van der Waals surface area (Å²) in [4.78, 5) is 13.2. The van der Waals surface area contributed by atoms with Gasteiger partial charge in [-0.1, -0.05) is 31.8 Å². The third-order valence-corrected chi connectivity index (χ3v) is 4.58. The summed E-state index contributed by atoms with van der Waals surface area (Å²) in [6.45, 7) is 10.9. The van der Waals surface area contributed by atoms with Crippen molar-refractivity contribution in [2.45, 2.75) is 66.3 Å². The fourth-order valence-corrected chi connectivity index (χ4v) is 3.13. The highest BCUT2D eigenvalue weighted by Crippen LogP contribution is 2.35. The van der Waals surface area contributed by atoms with Gasteiger partial charge in [-0.2, -0.15) is 0 Å². The lowest BCUT2D eigenvalue weighted by Gasteiger charge is -2.20. The number of benzene rings is 1. The number of pyridine rings is 1. The number of phenolic OH excluding ortho intramolecular Hbond substituents is 1. The largest absolute Gasteiger partial charge is 0.508 e. The highest BCUT2D eigenvalue weighted by Gasteiger charge is 2.21. The predicted molar refractivity (Wildman–Crippen MR) is 115 cm³/mol. The van der Waals surface area contributed by atoms with E-state index in [9.17, 15) is 9.90 Å². The zero-order chi connectivity index (χ0) is 20.7. The van der Waals surface area contributed by atoms with Crippen LogP contribution in [0.15, 0.2) is 34.6 Å². The first kappa shape index (κ1) is 21.9. The number of hydrogen-bond acceptors (Lipinski definition) is 4. The van der Waals surface area contributed by atoms with E-state index in [0.29, 0.717) is 24.5 Å². The van der Waals surface area contributed by atoms with Crippen molar-refractivity contribution in [1.82, 2.24) is 4.57 Å². The Balaban J connectivity index is 2.55. The Bertz CT molecular complexity index is 876. The van der Waals surface area contributed by atoms with Crippen molar-refractivity contribution < 1.29 is 14.6 Å². The molecule has 0 amide bonds. The van der Waals surface area contributed by atoms with Gasteiger partial charge >= 0.3 is 0 Å². The van der Waals surface area contributed by atoms with Crippen LogP contribution in [0.3, 0.4) is 0 Å². The van der Waals surface area contributed by atoms with E-state index in [0.717, 1.165) is 36.6 Å². The Hall–Kier alpha value is -2.43. The second kappa shape index (κ2) is 10.2. The molecule has 0 aliphatic rings. The van der Waals surface area contributed by atoms with E-state index in [4.69, 9.17) is 9.47 Å². The van der Waals surface area contributed by atoms with Crippen LogP contribution in [0.4, 0.5) is 0 Å². The fourth-order valence-electron chi connectivity index (χ4n) is 3.13. The Kier molecular flexibility index (Phi) is 7.97. The lowest BCUT2D eigenvalue weighted by Crippen LogP contribution is -2.25. The van der Waals surface area contributed by atoms with Gasteiger partial charge in [0.25, 0.3) is 5.56 Å². The zero-order valence-corrected chi connectivity index (χ0v) is 17.7. The molecule has 0 aliphatic carbocycles. The summed E-state index contributed by atoms with van der Waals surface area (Å²) in [6.07, 6.45) is 6.27. The smallest absolute Gasteiger partial charge is 0.297 e.